The monoisotopic (exact) mass is 305 g/mol. The highest BCUT2D eigenvalue weighted by Gasteiger charge is 1.96. The van der Waals surface area contributed by atoms with Crippen molar-refractivity contribution in [1.29, 1.82) is 0 Å². The van der Waals surface area contributed by atoms with Crippen molar-refractivity contribution >= 4 is 8.25 Å². The van der Waals surface area contributed by atoms with Crippen molar-refractivity contribution < 1.29 is 14.4 Å². The van der Waals surface area contributed by atoms with E-state index in [0.29, 0.717) is 0 Å². The second-order valence-corrected chi connectivity index (χ2v) is 6.42. The zero-order valence-electron chi connectivity index (χ0n) is 13.1. The third-order valence-corrected chi connectivity index (χ3v) is 4.00. The topological polar surface area (TPSA) is 57.5 Å². The molecule has 0 aliphatic heterocycles. The first-order chi connectivity index (χ1) is 9.73. The van der Waals surface area contributed by atoms with Gasteiger partial charge >= 0.3 is 8.25 Å². The molecule has 0 aromatic rings. The highest BCUT2D eigenvalue weighted by Crippen LogP contribution is 2.16. The summed E-state index contributed by atoms with van der Waals surface area (Å²) in [5.74, 6) is 0. The predicted molar refractivity (Wildman–Crippen MR) is 85.9 cm³/mol. The first kappa shape index (κ1) is 20.0. The van der Waals surface area contributed by atoms with Gasteiger partial charge in [0.15, 0.2) is 0 Å². The van der Waals surface area contributed by atoms with Crippen LogP contribution in [-0.2, 0) is 4.57 Å². The minimum absolute atomic E-state index is 1.50. The molecule has 0 aromatic heterocycles. The molecule has 20 heavy (non-hydrogen) atoms. The fourth-order valence-corrected chi connectivity index (χ4v) is 2.83. The van der Waals surface area contributed by atoms with Crippen molar-refractivity contribution in [3.63, 3.8) is 0 Å². The van der Waals surface area contributed by atoms with Crippen molar-refractivity contribution in [2.24, 2.45) is 0 Å². The van der Waals surface area contributed by atoms with Crippen molar-refractivity contribution in [3.05, 3.63) is 0 Å². The minimum atomic E-state index is -2.87. The molecule has 1 saturated carbocycles. The van der Waals surface area contributed by atoms with Crippen molar-refractivity contribution in [2.75, 3.05) is 0 Å². The van der Waals surface area contributed by atoms with Crippen LogP contribution in [0.5, 0.6) is 0 Å². The lowest BCUT2D eigenvalue weighted by molar-refractivity contribution is 0.405. The average Bonchev–Trinajstić information content (AvgIpc) is 2.38. The Kier molecular flexibility index (Phi) is 17.1. The van der Waals surface area contributed by atoms with Crippen LogP contribution in [0.15, 0.2) is 0 Å². The van der Waals surface area contributed by atoms with Gasteiger partial charge in [-0.25, -0.2) is 0 Å². The molecular formula is C16H34O3P+. The molecule has 0 heterocycles. The lowest BCUT2D eigenvalue weighted by Gasteiger charge is -2.05. The van der Waals surface area contributed by atoms with Crippen molar-refractivity contribution in [3.8, 4) is 0 Å². The van der Waals surface area contributed by atoms with Crippen LogP contribution in [-0.4, -0.2) is 9.79 Å². The molecule has 1 fully saturated rings. The third-order valence-electron chi connectivity index (χ3n) is 4.00. The zero-order chi connectivity index (χ0) is 14.9. The molecule has 0 amide bonds. The smallest absolute Gasteiger partial charge is 0.134 e. The number of rotatable bonds is 0. The maximum Gasteiger partial charge on any atom is 0.692 e. The Morgan fingerprint density at radius 2 is 0.450 bits per heavy atom. The van der Waals surface area contributed by atoms with Crippen LogP contribution in [0, 0.1) is 0 Å². The van der Waals surface area contributed by atoms with Crippen LogP contribution >= 0.6 is 8.25 Å². The minimum Gasteiger partial charge on any atom is -0.134 e. The maximum atomic E-state index is 8.70. The van der Waals surface area contributed by atoms with E-state index in [-0.39, 0.29) is 0 Å². The molecule has 3 nitrogen and oxygen atoms in total. The summed E-state index contributed by atoms with van der Waals surface area (Å²) in [6.45, 7) is 0. The normalized spacial score (nSPS) is 20.5. The van der Waals surface area contributed by atoms with Crippen LogP contribution in [0.1, 0.15) is 103 Å². The van der Waals surface area contributed by atoms with E-state index in [4.69, 9.17) is 14.4 Å². The van der Waals surface area contributed by atoms with E-state index in [1.54, 1.807) is 0 Å². The molecule has 4 heteroatoms. The molecule has 0 saturated heterocycles. The second-order valence-electron chi connectivity index (χ2n) is 5.91. The molecule has 1 rings (SSSR count). The van der Waals surface area contributed by atoms with E-state index >= 15 is 0 Å². The fraction of sp³-hybridized carbons (Fsp3) is 1.00. The first-order valence-corrected chi connectivity index (χ1v) is 9.75. The molecule has 0 radical (unpaired) electrons. The molecule has 0 unspecified atom stereocenters. The van der Waals surface area contributed by atoms with Gasteiger partial charge < -0.3 is 0 Å². The molecule has 1 aliphatic rings. The van der Waals surface area contributed by atoms with E-state index in [9.17, 15) is 0 Å². The summed E-state index contributed by atoms with van der Waals surface area (Å²) in [5, 5.41) is 0. The van der Waals surface area contributed by atoms with Gasteiger partial charge in [0.1, 0.15) is 0 Å². The molecule has 0 aromatic carbocycles. The highest BCUT2D eigenvalue weighted by molar-refractivity contribution is 7.30. The zero-order valence-corrected chi connectivity index (χ0v) is 14.0. The maximum absolute atomic E-state index is 8.70. The molecule has 1 aliphatic carbocycles. The molecule has 0 atom stereocenters. The van der Waals surface area contributed by atoms with Crippen LogP contribution in [0.3, 0.4) is 0 Å². The summed E-state index contributed by atoms with van der Waals surface area (Å²) in [6.07, 6.45) is 24.0. The lowest BCUT2D eigenvalue weighted by atomic mass is 10.0. The molecule has 0 spiro atoms. The fourth-order valence-electron chi connectivity index (χ4n) is 2.83. The van der Waals surface area contributed by atoms with Crippen LogP contribution in [0.25, 0.3) is 0 Å². The van der Waals surface area contributed by atoms with Gasteiger partial charge in [-0.3, -0.25) is 0 Å². The average molecular weight is 305 g/mol. The molecule has 0 bridgehead atoms. The summed E-state index contributed by atoms with van der Waals surface area (Å²) in [6, 6.07) is 0. The first-order valence-electron chi connectivity index (χ1n) is 8.58. The van der Waals surface area contributed by atoms with Gasteiger partial charge in [0.25, 0.3) is 0 Å². The van der Waals surface area contributed by atoms with Gasteiger partial charge in [0.05, 0.1) is 0 Å². The number of hydrogen-bond acceptors (Lipinski definition) is 1. The van der Waals surface area contributed by atoms with E-state index in [0.717, 1.165) is 0 Å². The van der Waals surface area contributed by atoms with Crippen molar-refractivity contribution in [1.82, 2.24) is 0 Å². The van der Waals surface area contributed by atoms with Gasteiger partial charge in [-0.15, -0.1) is 9.79 Å². The Labute approximate surface area is 126 Å². The van der Waals surface area contributed by atoms with E-state index < -0.39 is 8.25 Å². The molecular weight excluding hydrogens is 271 g/mol. The summed E-state index contributed by atoms with van der Waals surface area (Å²) >= 11 is 0. The van der Waals surface area contributed by atoms with Gasteiger partial charge in [0, 0.05) is 4.57 Å². The lowest BCUT2D eigenvalue weighted by Crippen LogP contribution is -1.85. The van der Waals surface area contributed by atoms with Gasteiger partial charge in [0.2, 0.25) is 0 Å². The molecule has 2 N–H and O–H groups in total. The summed E-state index contributed by atoms with van der Waals surface area (Å²) in [4.78, 5) is 14.2. The van der Waals surface area contributed by atoms with Crippen LogP contribution < -0.4 is 0 Å². The Morgan fingerprint density at radius 1 is 0.400 bits per heavy atom. The quantitative estimate of drug-likeness (QED) is 0.550. The summed E-state index contributed by atoms with van der Waals surface area (Å²) in [7, 11) is -2.87. The Morgan fingerprint density at radius 3 is 0.500 bits per heavy atom. The van der Waals surface area contributed by atoms with Crippen LogP contribution in [0.4, 0.5) is 0 Å². The number of hydrogen-bond donors (Lipinski definition) is 2. The second kappa shape index (κ2) is 17.1. The largest absolute Gasteiger partial charge is 0.692 e. The van der Waals surface area contributed by atoms with Crippen molar-refractivity contribution in [2.45, 2.75) is 103 Å². The third kappa shape index (κ3) is 20.3. The standard InChI is InChI=1S/C16H32.HO3P/c1-2-4-6-8-10-12-14-16-15-13-11-9-7-5-3-1;1-4(2)3/h1-16H2;(H-,1,2,3)/p+1. The Balaban J connectivity index is 0.000000796. The molecule has 120 valence electrons. The van der Waals surface area contributed by atoms with E-state index in [2.05, 4.69) is 0 Å². The van der Waals surface area contributed by atoms with E-state index in [1.165, 1.54) is 103 Å². The van der Waals surface area contributed by atoms with Gasteiger partial charge in [-0.05, 0) is 0 Å². The Bertz CT molecular complexity index is 142. The summed E-state index contributed by atoms with van der Waals surface area (Å²) < 4.78 is 8.70. The Hall–Kier alpha value is 0.0200. The summed E-state index contributed by atoms with van der Waals surface area (Å²) in [5.41, 5.74) is 0. The van der Waals surface area contributed by atoms with Gasteiger partial charge in [-0.1, -0.05) is 103 Å². The van der Waals surface area contributed by atoms with Crippen LogP contribution in [0.2, 0.25) is 0 Å². The SMILES string of the molecule is C1CCCCCCCCCCCCCCC1.O=[P+](O)O. The van der Waals surface area contributed by atoms with E-state index in [1.807, 2.05) is 0 Å². The predicted octanol–water partition coefficient (Wildman–Crippen LogP) is 5.87. The highest BCUT2D eigenvalue weighted by atomic mass is 31.1. The van der Waals surface area contributed by atoms with Gasteiger partial charge in [-0.2, -0.15) is 0 Å².